The van der Waals surface area contributed by atoms with Gasteiger partial charge in [0.05, 0.1) is 19.6 Å². The highest BCUT2D eigenvalue weighted by molar-refractivity contribution is 5.76. The number of benzene rings is 1. The minimum atomic E-state index is 0.00323. The third kappa shape index (κ3) is 5.11. The number of amidine groups is 1. The van der Waals surface area contributed by atoms with E-state index in [2.05, 4.69) is 20.8 Å². The zero-order valence-corrected chi connectivity index (χ0v) is 13.0. The lowest BCUT2D eigenvalue weighted by atomic mass is 9.86. The Hall–Kier alpha value is -1.71. The number of hydrogen-bond acceptors (Lipinski definition) is 3. The van der Waals surface area contributed by atoms with E-state index >= 15 is 0 Å². The fourth-order valence-electron chi connectivity index (χ4n) is 1.95. The molecule has 0 aromatic heterocycles. The van der Waals surface area contributed by atoms with Gasteiger partial charge < -0.3 is 15.2 Å². The number of rotatable bonds is 7. The lowest BCUT2D eigenvalue weighted by Crippen LogP contribution is -2.14. The Bertz CT molecular complexity index is 450. The fraction of sp³-hybridized carbons (Fsp3) is 0.562. The highest BCUT2D eigenvalue weighted by atomic mass is 16.5. The lowest BCUT2D eigenvalue weighted by Gasteiger charge is -2.23. The normalized spacial score (nSPS) is 11.2. The van der Waals surface area contributed by atoms with Gasteiger partial charge in [0.2, 0.25) is 0 Å². The van der Waals surface area contributed by atoms with Crippen LogP contribution in [0, 0.1) is 5.41 Å². The molecule has 1 aromatic rings. The Kier molecular flexibility index (Phi) is 5.86. The summed E-state index contributed by atoms with van der Waals surface area (Å²) in [5, 5.41) is 7.18. The molecule has 0 saturated carbocycles. The first-order chi connectivity index (χ1) is 9.34. The van der Waals surface area contributed by atoms with Crippen molar-refractivity contribution in [1.82, 2.24) is 0 Å². The van der Waals surface area contributed by atoms with E-state index in [1.54, 1.807) is 7.11 Å². The molecule has 0 fully saturated rings. The highest BCUT2D eigenvalue weighted by Gasteiger charge is 2.19. The first-order valence-corrected chi connectivity index (χ1v) is 6.99. The Morgan fingerprint density at radius 2 is 1.95 bits per heavy atom. The second-order valence-electron chi connectivity index (χ2n) is 5.94. The van der Waals surface area contributed by atoms with Crippen molar-refractivity contribution in [3.05, 3.63) is 23.8 Å². The SMILES string of the molecule is COc1ccc(OCCCCC(=N)N)c(C(C)(C)C)c1. The second-order valence-corrected chi connectivity index (χ2v) is 5.94. The van der Waals surface area contributed by atoms with E-state index in [0.29, 0.717) is 13.0 Å². The van der Waals surface area contributed by atoms with E-state index < -0.39 is 0 Å². The first kappa shape index (κ1) is 16.3. The Morgan fingerprint density at radius 3 is 2.50 bits per heavy atom. The van der Waals surface area contributed by atoms with E-state index in [1.165, 1.54) is 0 Å². The van der Waals surface area contributed by atoms with Gasteiger partial charge in [0.25, 0.3) is 0 Å². The van der Waals surface area contributed by atoms with Gasteiger partial charge in [0.15, 0.2) is 0 Å². The molecule has 0 atom stereocenters. The van der Waals surface area contributed by atoms with Gasteiger partial charge in [-0.05, 0) is 36.5 Å². The van der Waals surface area contributed by atoms with Crippen LogP contribution in [-0.4, -0.2) is 19.6 Å². The van der Waals surface area contributed by atoms with Crippen molar-refractivity contribution in [3.63, 3.8) is 0 Å². The topological polar surface area (TPSA) is 68.3 Å². The summed E-state index contributed by atoms with van der Waals surface area (Å²) >= 11 is 0. The summed E-state index contributed by atoms with van der Waals surface area (Å²) in [7, 11) is 1.67. The van der Waals surface area contributed by atoms with Crippen molar-refractivity contribution in [2.75, 3.05) is 13.7 Å². The summed E-state index contributed by atoms with van der Waals surface area (Å²) in [6, 6.07) is 5.91. The van der Waals surface area contributed by atoms with Crippen molar-refractivity contribution >= 4 is 5.84 Å². The second kappa shape index (κ2) is 7.17. The van der Waals surface area contributed by atoms with Gasteiger partial charge >= 0.3 is 0 Å². The van der Waals surface area contributed by atoms with Gasteiger partial charge in [0, 0.05) is 12.0 Å². The summed E-state index contributed by atoms with van der Waals surface area (Å²) in [5.74, 6) is 1.99. The van der Waals surface area contributed by atoms with Gasteiger partial charge in [-0.15, -0.1) is 0 Å². The molecule has 0 aliphatic carbocycles. The maximum atomic E-state index is 7.18. The predicted octanol–water partition coefficient (Wildman–Crippen LogP) is 3.48. The summed E-state index contributed by atoms with van der Waals surface area (Å²) in [6.45, 7) is 7.11. The minimum Gasteiger partial charge on any atom is -0.497 e. The summed E-state index contributed by atoms with van der Waals surface area (Å²) in [4.78, 5) is 0. The summed E-state index contributed by atoms with van der Waals surface area (Å²) < 4.78 is 11.2. The minimum absolute atomic E-state index is 0.00323. The standard InChI is InChI=1S/C16H26N2O2/c1-16(2,3)13-11-12(19-4)8-9-14(13)20-10-6-5-7-15(17)18/h8-9,11H,5-7,10H2,1-4H3,(H3,17,18). The molecule has 112 valence electrons. The number of methoxy groups -OCH3 is 1. The van der Waals surface area contributed by atoms with Gasteiger partial charge in [-0.25, -0.2) is 0 Å². The van der Waals surface area contributed by atoms with Crippen LogP contribution in [-0.2, 0) is 5.41 Å². The smallest absolute Gasteiger partial charge is 0.123 e. The van der Waals surface area contributed by atoms with Gasteiger partial charge in [-0.1, -0.05) is 20.8 Å². The van der Waals surface area contributed by atoms with Gasteiger partial charge in [-0.3, -0.25) is 5.41 Å². The third-order valence-corrected chi connectivity index (χ3v) is 3.09. The van der Waals surface area contributed by atoms with Crippen LogP contribution in [0.25, 0.3) is 0 Å². The third-order valence-electron chi connectivity index (χ3n) is 3.09. The molecule has 0 unspecified atom stereocenters. The maximum absolute atomic E-state index is 7.18. The quantitative estimate of drug-likeness (QED) is 0.456. The van der Waals surface area contributed by atoms with Crippen LogP contribution in [0.1, 0.15) is 45.6 Å². The number of unbranched alkanes of at least 4 members (excludes halogenated alkanes) is 1. The fourth-order valence-corrected chi connectivity index (χ4v) is 1.95. The molecule has 1 aromatic carbocycles. The molecule has 0 spiro atoms. The Labute approximate surface area is 121 Å². The molecular formula is C16H26N2O2. The highest BCUT2D eigenvalue weighted by Crippen LogP contribution is 2.34. The molecular weight excluding hydrogens is 252 g/mol. The van der Waals surface area contributed by atoms with Crippen LogP contribution in [0.2, 0.25) is 0 Å². The Morgan fingerprint density at radius 1 is 1.25 bits per heavy atom. The summed E-state index contributed by atoms with van der Waals surface area (Å²) in [6.07, 6.45) is 2.42. The van der Waals surface area contributed by atoms with Gasteiger partial charge in [-0.2, -0.15) is 0 Å². The zero-order chi connectivity index (χ0) is 15.2. The molecule has 4 nitrogen and oxygen atoms in total. The van der Waals surface area contributed by atoms with Crippen molar-refractivity contribution in [3.8, 4) is 11.5 Å². The summed E-state index contributed by atoms with van der Waals surface area (Å²) in [5.41, 5.74) is 6.47. The van der Waals surface area contributed by atoms with Crippen LogP contribution < -0.4 is 15.2 Å². The maximum Gasteiger partial charge on any atom is 0.123 e. The number of ether oxygens (including phenoxy) is 2. The van der Waals surface area contributed by atoms with E-state index in [-0.39, 0.29) is 11.3 Å². The largest absolute Gasteiger partial charge is 0.497 e. The van der Waals surface area contributed by atoms with Crippen molar-refractivity contribution in [2.45, 2.75) is 45.4 Å². The number of nitrogens with one attached hydrogen (secondary N) is 1. The van der Waals surface area contributed by atoms with E-state index in [9.17, 15) is 0 Å². The van der Waals surface area contributed by atoms with Crippen LogP contribution in [0.5, 0.6) is 11.5 Å². The lowest BCUT2D eigenvalue weighted by molar-refractivity contribution is 0.298. The van der Waals surface area contributed by atoms with Crippen molar-refractivity contribution in [2.24, 2.45) is 5.73 Å². The molecule has 0 radical (unpaired) electrons. The zero-order valence-electron chi connectivity index (χ0n) is 13.0. The first-order valence-electron chi connectivity index (χ1n) is 6.99. The van der Waals surface area contributed by atoms with Crippen LogP contribution in [0.4, 0.5) is 0 Å². The Balaban J connectivity index is 2.67. The number of nitrogens with two attached hydrogens (primary N) is 1. The van der Waals surface area contributed by atoms with Gasteiger partial charge in [0.1, 0.15) is 11.5 Å². The molecule has 20 heavy (non-hydrogen) atoms. The average molecular weight is 278 g/mol. The van der Waals surface area contributed by atoms with E-state index in [0.717, 1.165) is 29.9 Å². The van der Waals surface area contributed by atoms with Crippen LogP contribution >= 0.6 is 0 Å². The molecule has 3 N–H and O–H groups in total. The molecule has 0 amide bonds. The van der Waals surface area contributed by atoms with E-state index in [1.807, 2.05) is 18.2 Å². The molecule has 0 heterocycles. The molecule has 4 heteroatoms. The van der Waals surface area contributed by atoms with Crippen LogP contribution in [0.3, 0.4) is 0 Å². The van der Waals surface area contributed by atoms with Crippen LogP contribution in [0.15, 0.2) is 18.2 Å². The van der Waals surface area contributed by atoms with Crippen molar-refractivity contribution < 1.29 is 9.47 Å². The molecule has 0 aliphatic rings. The average Bonchev–Trinajstić information content (AvgIpc) is 2.37. The monoisotopic (exact) mass is 278 g/mol. The predicted molar refractivity (Wildman–Crippen MR) is 83.0 cm³/mol. The number of hydrogen-bond donors (Lipinski definition) is 2. The molecule has 0 saturated heterocycles. The van der Waals surface area contributed by atoms with E-state index in [4.69, 9.17) is 20.6 Å². The molecule has 0 aliphatic heterocycles. The van der Waals surface area contributed by atoms with Crippen molar-refractivity contribution in [1.29, 1.82) is 5.41 Å². The molecule has 1 rings (SSSR count). The molecule has 0 bridgehead atoms.